The zero-order chi connectivity index (χ0) is 16.2. The average molecular weight is 335 g/mol. The van der Waals surface area contributed by atoms with Crippen LogP contribution in [-0.2, 0) is 6.54 Å². The van der Waals surface area contributed by atoms with Crippen molar-refractivity contribution in [1.29, 1.82) is 0 Å². The highest BCUT2D eigenvalue weighted by Gasteiger charge is 2.19. The Kier molecular flexibility index (Phi) is 5.38. The summed E-state index contributed by atoms with van der Waals surface area (Å²) < 4.78 is 13.8. The van der Waals surface area contributed by atoms with Crippen molar-refractivity contribution in [3.05, 3.63) is 41.2 Å². The van der Waals surface area contributed by atoms with Gasteiger partial charge < -0.3 is 5.11 Å². The van der Waals surface area contributed by atoms with Gasteiger partial charge in [-0.3, -0.25) is 9.80 Å². The Balaban J connectivity index is 1.57. The molecule has 0 amide bonds. The lowest BCUT2D eigenvalue weighted by Crippen LogP contribution is -2.47. The molecular weight excluding hydrogens is 313 g/mol. The number of aliphatic hydroxyl groups excluding tert-OH is 1. The molecule has 1 fully saturated rings. The van der Waals surface area contributed by atoms with Crippen molar-refractivity contribution in [2.75, 3.05) is 32.7 Å². The van der Waals surface area contributed by atoms with Crippen LogP contribution in [0.1, 0.15) is 12.6 Å². The van der Waals surface area contributed by atoms with Gasteiger partial charge in [0.15, 0.2) is 0 Å². The largest absolute Gasteiger partial charge is 0.392 e. The molecule has 23 heavy (non-hydrogen) atoms. The van der Waals surface area contributed by atoms with Crippen LogP contribution < -0.4 is 0 Å². The van der Waals surface area contributed by atoms with E-state index in [1.54, 1.807) is 12.1 Å². The Hall–Kier alpha value is -1.34. The summed E-state index contributed by atoms with van der Waals surface area (Å²) in [6.45, 7) is 7.24. The maximum Gasteiger partial charge on any atom is 0.133 e. The summed E-state index contributed by atoms with van der Waals surface area (Å²) in [6.07, 6.45) is -0.275. The number of rotatable bonds is 5. The SMILES string of the molecule is CC(O)CN1CCN(Cc2csc(-c3ccccc3F)n2)CC1. The molecule has 1 aromatic carbocycles. The Bertz CT molecular complexity index is 638. The van der Waals surface area contributed by atoms with Crippen molar-refractivity contribution in [3.63, 3.8) is 0 Å². The van der Waals surface area contributed by atoms with Gasteiger partial charge in [0.05, 0.1) is 11.8 Å². The van der Waals surface area contributed by atoms with Gasteiger partial charge in [0, 0.05) is 50.2 Å². The topological polar surface area (TPSA) is 39.6 Å². The number of halogens is 1. The Morgan fingerprint density at radius 2 is 1.91 bits per heavy atom. The highest BCUT2D eigenvalue weighted by atomic mass is 32.1. The average Bonchev–Trinajstić information content (AvgIpc) is 2.97. The molecule has 1 saturated heterocycles. The molecule has 124 valence electrons. The minimum atomic E-state index is -0.275. The Morgan fingerprint density at radius 3 is 2.61 bits per heavy atom. The fourth-order valence-corrected chi connectivity index (χ4v) is 3.71. The molecule has 0 spiro atoms. The maximum absolute atomic E-state index is 13.8. The summed E-state index contributed by atoms with van der Waals surface area (Å²) in [5.41, 5.74) is 1.57. The van der Waals surface area contributed by atoms with Gasteiger partial charge in [-0.1, -0.05) is 12.1 Å². The van der Waals surface area contributed by atoms with Crippen LogP contribution in [-0.4, -0.2) is 58.7 Å². The molecule has 0 saturated carbocycles. The van der Waals surface area contributed by atoms with Crippen molar-refractivity contribution >= 4 is 11.3 Å². The standard InChI is InChI=1S/C17H22FN3OS/c1-13(22)10-20-6-8-21(9-7-20)11-14-12-23-17(19-14)15-4-2-3-5-16(15)18/h2-5,12-13,22H,6-11H2,1H3. The Labute approximate surface area is 140 Å². The highest BCUT2D eigenvalue weighted by molar-refractivity contribution is 7.13. The molecule has 1 aliphatic heterocycles. The summed E-state index contributed by atoms with van der Waals surface area (Å²) in [7, 11) is 0. The minimum Gasteiger partial charge on any atom is -0.392 e. The van der Waals surface area contributed by atoms with Crippen LogP contribution >= 0.6 is 11.3 Å². The van der Waals surface area contributed by atoms with Gasteiger partial charge in [-0.25, -0.2) is 9.37 Å². The van der Waals surface area contributed by atoms with Crippen LogP contribution in [0, 0.1) is 5.82 Å². The number of aromatic nitrogens is 1. The first kappa shape index (κ1) is 16.5. The lowest BCUT2D eigenvalue weighted by atomic mass is 10.2. The van der Waals surface area contributed by atoms with Gasteiger partial charge in [0.1, 0.15) is 10.8 Å². The summed E-state index contributed by atoms with van der Waals surface area (Å²) >= 11 is 1.49. The predicted octanol–water partition coefficient (Wildman–Crippen LogP) is 2.45. The van der Waals surface area contributed by atoms with E-state index in [9.17, 15) is 9.50 Å². The number of thiazole rings is 1. The Morgan fingerprint density at radius 1 is 1.22 bits per heavy atom. The smallest absolute Gasteiger partial charge is 0.133 e. The normalized spacial score (nSPS) is 18.2. The third-order valence-electron chi connectivity index (χ3n) is 4.03. The molecule has 1 N–H and O–H groups in total. The second-order valence-corrected chi connectivity index (χ2v) is 6.91. The molecule has 1 aliphatic rings. The molecule has 0 radical (unpaired) electrons. The van der Waals surface area contributed by atoms with Crippen LogP contribution in [0.3, 0.4) is 0 Å². The lowest BCUT2D eigenvalue weighted by molar-refractivity contribution is 0.0777. The number of benzene rings is 1. The first-order valence-corrected chi connectivity index (χ1v) is 8.82. The molecular formula is C17H22FN3OS. The second-order valence-electron chi connectivity index (χ2n) is 6.05. The quantitative estimate of drug-likeness (QED) is 0.911. The summed E-state index contributed by atoms with van der Waals surface area (Å²) in [5, 5.41) is 12.2. The first-order chi connectivity index (χ1) is 11.1. The van der Waals surface area contributed by atoms with E-state index in [0.29, 0.717) is 5.56 Å². The summed E-state index contributed by atoms with van der Waals surface area (Å²) in [5.74, 6) is -0.222. The fraction of sp³-hybridized carbons (Fsp3) is 0.471. The van der Waals surface area contributed by atoms with Crippen LogP contribution in [0.25, 0.3) is 10.6 Å². The number of piperazine rings is 1. The van der Waals surface area contributed by atoms with Gasteiger partial charge in [-0.05, 0) is 19.1 Å². The van der Waals surface area contributed by atoms with E-state index in [1.165, 1.54) is 17.4 Å². The van der Waals surface area contributed by atoms with E-state index in [-0.39, 0.29) is 11.9 Å². The van der Waals surface area contributed by atoms with Gasteiger partial charge in [-0.2, -0.15) is 0 Å². The summed E-state index contributed by atoms with van der Waals surface area (Å²) in [4.78, 5) is 9.23. The van der Waals surface area contributed by atoms with Crippen molar-refractivity contribution < 1.29 is 9.50 Å². The van der Waals surface area contributed by atoms with E-state index in [4.69, 9.17) is 0 Å². The third kappa shape index (κ3) is 4.35. The molecule has 3 rings (SSSR count). The van der Waals surface area contributed by atoms with E-state index in [2.05, 4.69) is 14.8 Å². The molecule has 0 aliphatic carbocycles. The molecule has 1 atom stereocenters. The zero-order valence-corrected chi connectivity index (χ0v) is 14.1. The molecule has 2 heterocycles. The lowest BCUT2D eigenvalue weighted by Gasteiger charge is -2.34. The van der Waals surface area contributed by atoms with Crippen LogP contribution in [0.4, 0.5) is 4.39 Å². The van der Waals surface area contributed by atoms with Gasteiger partial charge in [0.25, 0.3) is 0 Å². The highest BCUT2D eigenvalue weighted by Crippen LogP contribution is 2.26. The molecule has 1 unspecified atom stereocenters. The van der Waals surface area contributed by atoms with Gasteiger partial charge >= 0.3 is 0 Å². The van der Waals surface area contributed by atoms with Crippen molar-refractivity contribution in [1.82, 2.24) is 14.8 Å². The molecule has 1 aromatic heterocycles. The number of hydrogen-bond acceptors (Lipinski definition) is 5. The van der Waals surface area contributed by atoms with Crippen LogP contribution in [0.15, 0.2) is 29.6 Å². The van der Waals surface area contributed by atoms with Gasteiger partial charge in [0.2, 0.25) is 0 Å². The number of β-amino-alcohol motifs (C(OH)–C–C–N with tert-alkyl or cyclic N) is 1. The van der Waals surface area contributed by atoms with E-state index < -0.39 is 0 Å². The van der Waals surface area contributed by atoms with Gasteiger partial charge in [-0.15, -0.1) is 11.3 Å². The predicted molar refractivity (Wildman–Crippen MR) is 90.9 cm³/mol. The van der Waals surface area contributed by atoms with Crippen LogP contribution in [0.5, 0.6) is 0 Å². The van der Waals surface area contributed by atoms with Crippen molar-refractivity contribution in [2.24, 2.45) is 0 Å². The van der Waals surface area contributed by atoms with E-state index >= 15 is 0 Å². The molecule has 2 aromatic rings. The number of nitrogens with zero attached hydrogens (tertiary/aromatic N) is 3. The van der Waals surface area contributed by atoms with E-state index in [0.717, 1.165) is 50.0 Å². The minimum absolute atomic E-state index is 0.222. The summed E-state index contributed by atoms with van der Waals surface area (Å²) in [6, 6.07) is 6.77. The molecule has 6 heteroatoms. The van der Waals surface area contributed by atoms with Crippen molar-refractivity contribution in [2.45, 2.75) is 19.6 Å². The third-order valence-corrected chi connectivity index (χ3v) is 4.95. The second kappa shape index (κ2) is 7.49. The first-order valence-electron chi connectivity index (χ1n) is 7.94. The van der Waals surface area contributed by atoms with Crippen LogP contribution in [0.2, 0.25) is 0 Å². The fourth-order valence-electron chi connectivity index (χ4n) is 2.87. The molecule has 4 nitrogen and oxygen atoms in total. The zero-order valence-electron chi connectivity index (χ0n) is 13.3. The van der Waals surface area contributed by atoms with E-state index in [1.807, 2.05) is 18.4 Å². The number of aliphatic hydroxyl groups is 1. The monoisotopic (exact) mass is 335 g/mol. The van der Waals surface area contributed by atoms with Crippen molar-refractivity contribution in [3.8, 4) is 10.6 Å². The number of hydrogen-bond donors (Lipinski definition) is 1. The molecule has 0 bridgehead atoms. The maximum atomic E-state index is 13.8.